The van der Waals surface area contributed by atoms with Crippen molar-refractivity contribution in [1.29, 1.82) is 0 Å². The number of anilines is 1. The predicted octanol–water partition coefficient (Wildman–Crippen LogP) is 1.33. The number of aliphatic hydroxyl groups excluding tert-OH is 1. The summed E-state index contributed by atoms with van der Waals surface area (Å²) in [6, 6.07) is 2.94. The largest absolute Gasteiger partial charge is 0.395 e. The number of aliphatic hydroxyl groups is 1. The molecule has 0 aliphatic heterocycles. The van der Waals surface area contributed by atoms with E-state index < -0.39 is 16.1 Å². The first-order valence-electron chi connectivity index (χ1n) is 10.6. The van der Waals surface area contributed by atoms with E-state index in [0.717, 1.165) is 55.3 Å². The number of likely N-dealkylation sites (N-methyl/N-ethyl adjacent to an activating group) is 1. The lowest BCUT2D eigenvalue weighted by atomic mass is 9.99. The third kappa shape index (κ3) is 4.46. The number of urea groups is 1. The first-order chi connectivity index (χ1) is 14.8. The number of amides is 2. The fraction of sp³-hybridized carbons (Fsp3) is 0.524. The highest BCUT2D eigenvalue weighted by molar-refractivity contribution is 7.90. The molecule has 0 spiro atoms. The number of carbonyl (C=O) groups is 1. The number of hydrogen-bond acceptors (Lipinski definition) is 6. The maximum Gasteiger partial charge on any atom is 0.333 e. The van der Waals surface area contributed by atoms with E-state index >= 15 is 0 Å². The van der Waals surface area contributed by atoms with Gasteiger partial charge in [-0.15, -0.1) is 0 Å². The van der Waals surface area contributed by atoms with Gasteiger partial charge in [-0.25, -0.2) is 9.52 Å². The predicted molar refractivity (Wildman–Crippen MR) is 116 cm³/mol. The number of aryl methyl sites for hydroxylation is 3. The summed E-state index contributed by atoms with van der Waals surface area (Å²) < 4.78 is 29.1. The minimum absolute atomic E-state index is 0.00806. The van der Waals surface area contributed by atoms with Crippen molar-refractivity contribution in [2.75, 3.05) is 25.5 Å². The van der Waals surface area contributed by atoms with Crippen molar-refractivity contribution < 1.29 is 18.3 Å². The van der Waals surface area contributed by atoms with Gasteiger partial charge in [0.2, 0.25) is 0 Å². The Labute approximate surface area is 182 Å². The van der Waals surface area contributed by atoms with Crippen LogP contribution >= 0.6 is 0 Å². The Hall–Kier alpha value is -2.43. The average Bonchev–Trinajstić information content (AvgIpc) is 3.42. The number of aromatic nitrogens is 2. The van der Waals surface area contributed by atoms with Crippen molar-refractivity contribution in [2.24, 2.45) is 7.05 Å². The van der Waals surface area contributed by atoms with Crippen LogP contribution in [-0.2, 0) is 49.3 Å². The highest BCUT2D eigenvalue weighted by atomic mass is 32.2. The molecule has 1 aromatic carbocycles. The number of benzene rings is 1. The van der Waals surface area contributed by atoms with Crippen LogP contribution in [0.4, 0.5) is 10.5 Å². The summed E-state index contributed by atoms with van der Waals surface area (Å²) in [4.78, 5) is 14.5. The zero-order chi connectivity index (χ0) is 22.2. The summed E-state index contributed by atoms with van der Waals surface area (Å²) in [6.45, 7) is 0.891. The summed E-state index contributed by atoms with van der Waals surface area (Å²) in [6.07, 6.45) is 5.89. The van der Waals surface area contributed by atoms with Crippen LogP contribution in [0.25, 0.3) is 0 Å². The molecule has 2 aliphatic carbocycles. The van der Waals surface area contributed by atoms with Crippen molar-refractivity contribution in [3.05, 3.63) is 40.1 Å². The molecular weight excluding hydrogens is 418 g/mol. The van der Waals surface area contributed by atoms with Gasteiger partial charge in [-0.3, -0.25) is 9.58 Å². The van der Waals surface area contributed by atoms with Crippen LogP contribution < -0.4 is 10.0 Å². The van der Waals surface area contributed by atoms with Crippen molar-refractivity contribution >= 4 is 21.7 Å². The van der Waals surface area contributed by atoms with E-state index in [0.29, 0.717) is 18.8 Å². The number of sulfonamides is 1. The third-order valence-electron chi connectivity index (χ3n) is 6.08. The quantitative estimate of drug-likeness (QED) is 0.590. The molecule has 0 radical (unpaired) electrons. The number of hydrogen-bond donors (Lipinski definition) is 3. The zero-order valence-electron chi connectivity index (χ0n) is 17.9. The lowest BCUT2D eigenvalue weighted by Gasteiger charge is -2.16. The Kier molecular flexibility index (Phi) is 6.05. The first-order valence-corrected chi connectivity index (χ1v) is 12.1. The number of rotatable bonds is 7. The Balaban J connectivity index is 1.51. The smallest absolute Gasteiger partial charge is 0.333 e. The van der Waals surface area contributed by atoms with Crippen LogP contribution in [-0.4, -0.2) is 54.4 Å². The molecule has 1 heterocycles. The molecule has 31 heavy (non-hydrogen) atoms. The highest BCUT2D eigenvalue weighted by Gasteiger charge is 2.27. The van der Waals surface area contributed by atoms with Gasteiger partial charge in [-0.05, 0) is 67.8 Å². The molecule has 0 atom stereocenters. The monoisotopic (exact) mass is 447 g/mol. The molecular formula is C21H29N5O4S. The molecule has 3 N–H and O–H groups in total. The van der Waals surface area contributed by atoms with E-state index in [2.05, 4.69) is 21.2 Å². The van der Waals surface area contributed by atoms with Crippen LogP contribution in [0, 0.1) is 0 Å². The molecule has 0 unspecified atom stereocenters. The number of carbonyl (C=O) groups excluding carboxylic acids is 1. The standard InChI is InChI=1S/C21H29N5O4S/c1-25(9-10-27)13-16-12-19(23-26(16)2)31(29,30)24-21(28)22-20-17-7-3-5-14(17)11-15-6-4-8-18(15)20/h11-12,27H,3-10,13H2,1-2H3,(H2,22,24,28). The Morgan fingerprint density at radius 2 is 1.81 bits per heavy atom. The Morgan fingerprint density at radius 1 is 1.16 bits per heavy atom. The maximum atomic E-state index is 12.8. The van der Waals surface area contributed by atoms with Crippen LogP contribution in [0.2, 0.25) is 0 Å². The van der Waals surface area contributed by atoms with E-state index in [1.807, 2.05) is 11.9 Å². The molecule has 9 nitrogen and oxygen atoms in total. The second-order valence-electron chi connectivity index (χ2n) is 8.35. The molecule has 168 valence electrons. The molecule has 2 amide bonds. The first kappa shape index (κ1) is 21.8. The number of fused-ring (bicyclic) bond motifs is 2. The second-order valence-corrected chi connectivity index (χ2v) is 9.98. The van der Waals surface area contributed by atoms with Gasteiger partial charge < -0.3 is 10.4 Å². The van der Waals surface area contributed by atoms with Crippen molar-refractivity contribution in [3.8, 4) is 0 Å². The third-order valence-corrected chi connectivity index (χ3v) is 7.29. The van der Waals surface area contributed by atoms with E-state index in [-0.39, 0.29) is 11.6 Å². The van der Waals surface area contributed by atoms with Crippen molar-refractivity contribution in [2.45, 2.75) is 50.1 Å². The SMILES string of the molecule is CN(CCO)Cc1cc(S(=O)(=O)NC(=O)Nc2c3c(cc4c2CCC4)CCC3)nn1C. The summed E-state index contributed by atoms with van der Waals surface area (Å²) in [5.41, 5.74) is 6.26. The van der Waals surface area contributed by atoms with Crippen molar-refractivity contribution in [1.82, 2.24) is 19.4 Å². The molecule has 0 bridgehead atoms. The van der Waals surface area contributed by atoms with Gasteiger partial charge in [0.15, 0.2) is 5.03 Å². The fourth-order valence-corrected chi connectivity index (χ4v) is 5.48. The Bertz CT molecular complexity index is 1080. The lowest BCUT2D eigenvalue weighted by Crippen LogP contribution is -2.35. The maximum absolute atomic E-state index is 12.8. The number of nitrogens with one attached hydrogen (secondary N) is 2. The van der Waals surface area contributed by atoms with Gasteiger partial charge in [0.1, 0.15) is 0 Å². The summed E-state index contributed by atoms with van der Waals surface area (Å²) in [5, 5.41) is 15.7. The molecule has 2 aliphatic rings. The van der Waals surface area contributed by atoms with Gasteiger partial charge in [0, 0.05) is 31.9 Å². The summed E-state index contributed by atoms with van der Waals surface area (Å²) in [7, 11) is -0.650. The molecule has 0 fully saturated rings. The molecule has 0 saturated heterocycles. The van der Waals surface area contributed by atoms with E-state index in [9.17, 15) is 13.2 Å². The van der Waals surface area contributed by atoms with Gasteiger partial charge >= 0.3 is 6.03 Å². The molecule has 10 heteroatoms. The number of nitrogens with zero attached hydrogens (tertiary/aromatic N) is 3. The summed E-state index contributed by atoms with van der Waals surface area (Å²) in [5.74, 6) is 0. The van der Waals surface area contributed by atoms with Gasteiger partial charge in [-0.2, -0.15) is 13.5 Å². The van der Waals surface area contributed by atoms with Crippen LogP contribution in [0.15, 0.2) is 17.2 Å². The molecule has 2 aromatic rings. The zero-order valence-corrected chi connectivity index (χ0v) is 18.8. The minimum atomic E-state index is -4.12. The normalized spacial score (nSPS) is 15.2. The molecule has 0 saturated carbocycles. The van der Waals surface area contributed by atoms with Crippen LogP contribution in [0.1, 0.15) is 40.8 Å². The van der Waals surface area contributed by atoms with Crippen LogP contribution in [0.5, 0.6) is 0 Å². The fourth-order valence-electron chi connectivity index (χ4n) is 4.56. The van der Waals surface area contributed by atoms with Gasteiger partial charge in [0.05, 0.1) is 12.3 Å². The van der Waals surface area contributed by atoms with Crippen LogP contribution in [0.3, 0.4) is 0 Å². The van der Waals surface area contributed by atoms with Gasteiger partial charge in [0.25, 0.3) is 10.0 Å². The molecule has 1 aromatic heterocycles. The second kappa shape index (κ2) is 8.60. The van der Waals surface area contributed by atoms with Crippen molar-refractivity contribution in [3.63, 3.8) is 0 Å². The topological polar surface area (TPSA) is 117 Å². The average molecular weight is 448 g/mol. The van der Waals surface area contributed by atoms with Gasteiger partial charge in [-0.1, -0.05) is 6.07 Å². The van der Waals surface area contributed by atoms with E-state index in [1.165, 1.54) is 21.9 Å². The van der Waals surface area contributed by atoms with E-state index in [1.54, 1.807) is 7.05 Å². The highest BCUT2D eigenvalue weighted by Crippen LogP contribution is 2.38. The minimum Gasteiger partial charge on any atom is -0.395 e. The summed E-state index contributed by atoms with van der Waals surface area (Å²) >= 11 is 0. The Morgan fingerprint density at radius 3 is 2.42 bits per heavy atom. The molecule has 4 rings (SSSR count). The lowest BCUT2D eigenvalue weighted by molar-refractivity contribution is 0.214. The van der Waals surface area contributed by atoms with E-state index in [4.69, 9.17) is 5.11 Å².